The zero-order valence-corrected chi connectivity index (χ0v) is 9.26. The van der Waals surface area contributed by atoms with Gasteiger partial charge in [0.2, 0.25) is 11.2 Å². The number of carbonyl (C=O) groups is 2. The summed E-state index contributed by atoms with van der Waals surface area (Å²) >= 11 is 11.1. The van der Waals surface area contributed by atoms with Gasteiger partial charge in [-0.15, -0.1) is 0 Å². The summed E-state index contributed by atoms with van der Waals surface area (Å²) in [5.74, 6) is -0.529. The van der Waals surface area contributed by atoms with E-state index in [-0.39, 0.29) is 28.5 Å². The van der Waals surface area contributed by atoms with Gasteiger partial charge < -0.3 is 5.32 Å². The van der Waals surface area contributed by atoms with Crippen molar-refractivity contribution in [1.29, 1.82) is 0 Å². The Labute approximate surface area is 95.8 Å². The highest BCUT2D eigenvalue weighted by atomic mass is 35.5. The van der Waals surface area contributed by atoms with Crippen LogP contribution in [0.5, 0.6) is 0 Å². The molecule has 0 spiro atoms. The highest BCUT2D eigenvalue weighted by Crippen LogP contribution is 2.14. The molecule has 15 heavy (non-hydrogen) atoms. The average molecular weight is 248 g/mol. The van der Waals surface area contributed by atoms with Crippen molar-refractivity contribution < 1.29 is 9.59 Å². The second-order valence-corrected chi connectivity index (χ2v) is 3.50. The van der Waals surface area contributed by atoms with Crippen molar-refractivity contribution in [3.8, 4) is 0 Å². The van der Waals surface area contributed by atoms with Crippen LogP contribution in [0.25, 0.3) is 0 Å². The Hall–Kier alpha value is -1.20. The number of nitrogens with zero attached hydrogens (tertiary/aromatic N) is 2. The first-order valence-electron chi connectivity index (χ1n) is 3.97. The molecular formula is C8H7Cl2N3O2. The second kappa shape index (κ2) is 5.04. The van der Waals surface area contributed by atoms with E-state index in [1.165, 1.54) is 13.0 Å². The van der Waals surface area contributed by atoms with Crippen molar-refractivity contribution in [2.24, 2.45) is 0 Å². The standard InChI is InChI=1S/C8H7Cl2N3O2/c1-4(14)2-7(15)12-6-3-5(9)11-8(10)13-6/h3H,2H2,1H3,(H,11,12,13,15). The van der Waals surface area contributed by atoms with Crippen LogP contribution in [0.15, 0.2) is 6.07 Å². The van der Waals surface area contributed by atoms with Gasteiger partial charge in [-0.25, -0.2) is 9.97 Å². The van der Waals surface area contributed by atoms with Crippen LogP contribution in [0.3, 0.4) is 0 Å². The number of carbonyl (C=O) groups excluding carboxylic acids is 2. The molecule has 80 valence electrons. The van der Waals surface area contributed by atoms with Gasteiger partial charge in [0, 0.05) is 6.07 Å². The molecule has 0 unspecified atom stereocenters. The summed E-state index contributed by atoms with van der Waals surface area (Å²) in [7, 11) is 0. The smallest absolute Gasteiger partial charge is 0.232 e. The maximum atomic E-state index is 11.2. The Morgan fingerprint density at radius 2 is 2.07 bits per heavy atom. The molecule has 0 fully saturated rings. The molecule has 7 heteroatoms. The van der Waals surface area contributed by atoms with E-state index in [4.69, 9.17) is 23.2 Å². The minimum absolute atomic E-state index is 0.0689. The van der Waals surface area contributed by atoms with E-state index in [9.17, 15) is 9.59 Å². The van der Waals surface area contributed by atoms with Gasteiger partial charge in [0.25, 0.3) is 0 Å². The molecule has 1 N–H and O–H groups in total. The quantitative estimate of drug-likeness (QED) is 0.502. The van der Waals surface area contributed by atoms with Gasteiger partial charge in [-0.05, 0) is 18.5 Å². The first kappa shape index (κ1) is 11.9. The number of aromatic nitrogens is 2. The lowest BCUT2D eigenvalue weighted by molar-refractivity contribution is -0.124. The van der Waals surface area contributed by atoms with Crippen molar-refractivity contribution in [3.63, 3.8) is 0 Å². The number of anilines is 1. The van der Waals surface area contributed by atoms with Crippen molar-refractivity contribution in [1.82, 2.24) is 9.97 Å². The maximum absolute atomic E-state index is 11.2. The fourth-order valence-corrected chi connectivity index (χ4v) is 1.28. The number of ketones is 1. The zero-order chi connectivity index (χ0) is 11.4. The zero-order valence-electron chi connectivity index (χ0n) is 7.75. The Balaban J connectivity index is 2.72. The molecule has 1 amide bonds. The number of nitrogens with one attached hydrogen (secondary N) is 1. The van der Waals surface area contributed by atoms with E-state index in [0.29, 0.717) is 0 Å². The van der Waals surface area contributed by atoms with E-state index in [2.05, 4.69) is 15.3 Å². The predicted molar refractivity (Wildman–Crippen MR) is 56.0 cm³/mol. The molecular weight excluding hydrogens is 241 g/mol. The number of Topliss-reactive ketones (excluding diaryl/α,β-unsaturated/α-hetero) is 1. The molecule has 0 aliphatic heterocycles. The number of hydrogen-bond donors (Lipinski definition) is 1. The topological polar surface area (TPSA) is 72.0 Å². The van der Waals surface area contributed by atoms with Gasteiger partial charge in [-0.1, -0.05) is 11.6 Å². The van der Waals surface area contributed by atoms with Crippen LogP contribution >= 0.6 is 23.2 Å². The lowest BCUT2D eigenvalue weighted by Crippen LogP contribution is -2.15. The molecule has 0 radical (unpaired) electrons. The lowest BCUT2D eigenvalue weighted by atomic mass is 10.3. The molecule has 0 aliphatic carbocycles. The monoisotopic (exact) mass is 247 g/mol. The minimum atomic E-state index is -0.465. The van der Waals surface area contributed by atoms with Crippen molar-refractivity contribution in [2.75, 3.05) is 5.32 Å². The fourth-order valence-electron chi connectivity index (χ4n) is 0.867. The molecule has 0 bridgehead atoms. The average Bonchev–Trinajstić information content (AvgIpc) is 1.98. The highest BCUT2D eigenvalue weighted by Gasteiger charge is 2.08. The Morgan fingerprint density at radius 3 is 2.60 bits per heavy atom. The predicted octanol–water partition coefficient (Wildman–Crippen LogP) is 1.70. The third kappa shape index (κ3) is 4.22. The van der Waals surface area contributed by atoms with Gasteiger partial charge in [0.1, 0.15) is 16.8 Å². The first-order chi connectivity index (χ1) is 6.97. The van der Waals surface area contributed by atoms with Crippen molar-refractivity contribution >= 4 is 40.7 Å². The van der Waals surface area contributed by atoms with E-state index < -0.39 is 5.91 Å². The third-order valence-electron chi connectivity index (χ3n) is 1.34. The summed E-state index contributed by atoms with van der Waals surface area (Å²) in [4.78, 5) is 29.1. The summed E-state index contributed by atoms with van der Waals surface area (Å²) in [5, 5.41) is 2.42. The number of halogens is 2. The highest BCUT2D eigenvalue weighted by molar-refractivity contribution is 6.32. The van der Waals surface area contributed by atoms with Gasteiger partial charge in [-0.2, -0.15) is 0 Å². The minimum Gasteiger partial charge on any atom is -0.310 e. The Kier molecular flexibility index (Phi) is 3.99. The summed E-state index contributed by atoms with van der Waals surface area (Å²) < 4.78 is 0. The molecule has 1 aromatic heterocycles. The molecule has 0 saturated heterocycles. The van der Waals surface area contributed by atoms with E-state index >= 15 is 0 Å². The van der Waals surface area contributed by atoms with Crippen molar-refractivity contribution in [3.05, 3.63) is 16.5 Å². The van der Waals surface area contributed by atoms with Crippen LogP contribution in [0.1, 0.15) is 13.3 Å². The molecule has 1 heterocycles. The molecule has 1 rings (SSSR count). The fraction of sp³-hybridized carbons (Fsp3) is 0.250. The molecule has 1 aromatic rings. The Morgan fingerprint density at radius 1 is 1.40 bits per heavy atom. The van der Waals surface area contributed by atoms with Crippen LogP contribution in [0.2, 0.25) is 10.4 Å². The van der Waals surface area contributed by atoms with Crippen LogP contribution in [0.4, 0.5) is 5.82 Å². The molecule has 0 aliphatic rings. The third-order valence-corrected chi connectivity index (χ3v) is 1.71. The van der Waals surface area contributed by atoms with Crippen LogP contribution < -0.4 is 5.32 Å². The summed E-state index contributed by atoms with van der Waals surface area (Å²) in [6.07, 6.45) is -0.209. The summed E-state index contributed by atoms with van der Waals surface area (Å²) in [6.45, 7) is 1.32. The van der Waals surface area contributed by atoms with Gasteiger partial charge in [0.15, 0.2) is 0 Å². The Bertz CT molecular complexity index is 389. The van der Waals surface area contributed by atoms with E-state index in [1.807, 2.05) is 0 Å². The first-order valence-corrected chi connectivity index (χ1v) is 4.72. The van der Waals surface area contributed by atoms with Gasteiger partial charge in [0.05, 0.1) is 6.42 Å². The number of amides is 1. The second-order valence-electron chi connectivity index (χ2n) is 2.77. The van der Waals surface area contributed by atoms with Crippen LogP contribution in [-0.2, 0) is 9.59 Å². The lowest BCUT2D eigenvalue weighted by Gasteiger charge is -2.02. The molecule has 0 atom stereocenters. The van der Waals surface area contributed by atoms with Crippen LogP contribution in [-0.4, -0.2) is 21.7 Å². The van der Waals surface area contributed by atoms with Gasteiger partial charge in [-0.3, -0.25) is 9.59 Å². The van der Waals surface area contributed by atoms with E-state index in [1.54, 1.807) is 0 Å². The maximum Gasteiger partial charge on any atom is 0.232 e. The van der Waals surface area contributed by atoms with Crippen LogP contribution in [0, 0.1) is 0 Å². The largest absolute Gasteiger partial charge is 0.310 e. The van der Waals surface area contributed by atoms with Crippen molar-refractivity contribution in [2.45, 2.75) is 13.3 Å². The van der Waals surface area contributed by atoms with E-state index in [0.717, 1.165) is 0 Å². The normalized spacial score (nSPS) is 9.80. The summed E-state index contributed by atoms with van der Waals surface area (Å²) in [6, 6.07) is 1.34. The summed E-state index contributed by atoms with van der Waals surface area (Å²) in [5.41, 5.74) is 0. The molecule has 0 saturated carbocycles. The SMILES string of the molecule is CC(=O)CC(=O)Nc1cc(Cl)nc(Cl)n1. The molecule has 0 aromatic carbocycles. The van der Waals surface area contributed by atoms with Gasteiger partial charge >= 0.3 is 0 Å². The number of hydrogen-bond acceptors (Lipinski definition) is 4. The number of rotatable bonds is 3. The molecule has 5 nitrogen and oxygen atoms in total.